The standard InChI is InChI=1S/C19H19IN2O3/c1-19(2,3)25-18(24)22-16-10-5-4-9-15(16)21(17(22)23)12-13-7-6-8-14(20)11-13/h4-11H,12H2,1-3H3. The molecule has 0 spiro atoms. The van der Waals surface area contributed by atoms with Gasteiger partial charge in [-0.1, -0.05) is 24.3 Å². The Labute approximate surface area is 159 Å². The van der Waals surface area contributed by atoms with Crippen molar-refractivity contribution in [1.29, 1.82) is 0 Å². The van der Waals surface area contributed by atoms with E-state index < -0.39 is 17.4 Å². The van der Waals surface area contributed by atoms with E-state index in [4.69, 9.17) is 4.74 Å². The van der Waals surface area contributed by atoms with E-state index in [-0.39, 0.29) is 0 Å². The highest BCUT2D eigenvalue weighted by molar-refractivity contribution is 14.1. The molecule has 0 amide bonds. The molecule has 2 aromatic carbocycles. The number of fused-ring (bicyclic) bond motifs is 1. The molecular weight excluding hydrogens is 431 g/mol. The Morgan fingerprint density at radius 2 is 1.76 bits per heavy atom. The maximum Gasteiger partial charge on any atom is 0.423 e. The van der Waals surface area contributed by atoms with Crippen molar-refractivity contribution in [2.45, 2.75) is 32.9 Å². The molecule has 0 atom stereocenters. The Morgan fingerprint density at radius 3 is 2.40 bits per heavy atom. The van der Waals surface area contributed by atoms with E-state index >= 15 is 0 Å². The van der Waals surface area contributed by atoms with E-state index in [1.54, 1.807) is 37.5 Å². The second-order valence-electron chi connectivity index (χ2n) is 6.80. The Balaban J connectivity index is 2.13. The predicted octanol–water partition coefficient (Wildman–Crippen LogP) is 4.24. The fourth-order valence-electron chi connectivity index (χ4n) is 2.66. The summed E-state index contributed by atoms with van der Waals surface area (Å²) in [4.78, 5) is 25.5. The summed E-state index contributed by atoms with van der Waals surface area (Å²) in [6, 6.07) is 15.2. The summed E-state index contributed by atoms with van der Waals surface area (Å²) in [6.07, 6.45) is -0.657. The molecule has 0 fully saturated rings. The highest BCUT2D eigenvalue weighted by atomic mass is 127. The number of hydrogen-bond acceptors (Lipinski definition) is 3. The lowest BCUT2D eigenvalue weighted by Crippen LogP contribution is -2.34. The van der Waals surface area contributed by atoms with Crippen molar-refractivity contribution < 1.29 is 9.53 Å². The highest BCUT2D eigenvalue weighted by Crippen LogP contribution is 2.17. The number of ether oxygens (including phenoxy) is 1. The first-order valence-corrected chi connectivity index (χ1v) is 9.02. The number of halogens is 1. The Hall–Kier alpha value is -2.09. The molecule has 0 aliphatic carbocycles. The van der Waals surface area contributed by atoms with Gasteiger partial charge in [0.05, 0.1) is 17.6 Å². The zero-order chi connectivity index (χ0) is 18.2. The van der Waals surface area contributed by atoms with Crippen molar-refractivity contribution in [2.75, 3.05) is 0 Å². The van der Waals surface area contributed by atoms with Crippen molar-refractivity contribution in [3.05, 3.63) is 68.1 Å². The summed E-state index contributed by atoms with van der Waals surface area (Å²) >= 11 is 2.24. The number of carbonyl (C=O) groups excluding carboxylic acids is 1. The summed E-state index contributed by atoms with van der Waals surface area (Å²) in [5.74, 6) is 0. The van der Waals surface area contributed by atoms with Gasteiger partial charge in [0.2, 0.25) is 0 Å². The minimum absolute atomic E-state index is 0.394. The van der Waals surface area contributed by atoms with E-state index in [1.807, 2.05) is 36.4 Å². The zero-order valence-electron chi connectivity index (χ0n) is 14.3. The van der Waals surface area contributed by atoms with Crippen molar-refractivity contribution >= 4 is 39.7 Å². The van der Waals surface area contributed by atoms with Gasteiger partial charge in [0, 0.05) is 3.57 Å². The summed E-state index contributed by atoms with van der Waals surface area (Å²) in [7, 11) is 0. The summed E-state index contributed by atoms with van der Waals surface area (Å²) in [5.41, 5.74) is 1.19. The average Bonchev–Trinajstić information content (AvgIpc) is 2.78. The monoisotopic (exact) mass is 450 g/mol. The lowest BCUT2D eigenvalue weighted by Gasteiger charge is -2.19. The molecule has 0 radical (unpaired) electrons. The Morgan fingerprint density at radius 1 is 1.08 bits per heavy atom. The number of aromatic nitrogens is 2. The largest absolute Gasteiger partial charge is 0.443 e. The Kier molecular flexibility index (Phi) is 4.73. The number of imidazole rings is 1. The molecule has 3 rings (SSSR count). The van der Waals surface area contributed by atoms with Gasteiger partial charge >= 0.3 is 11.8 Å². The minimum Gasteiger partial charge on any atom is -0.443 e. The molecule has 0 aliphatic heterocycles. The number of rotatable bonds is 2. The van der Waals surface area contributed by atoms with Gasteiger partial charge in [-0.3, -0.25) is 4.57 Å². The lowest BCUT2D eigenvalue weighted by molar-refractivity contribution is 0.0537. The highest BCUT2D eigenvalue weighted by Gasteiger charge is 2.23. The van der Waals surface area contributed by atoms with Gasteiger partial charge in [-0.25, -0.2) is 9.59 Å². The molecule has 0 aliphatic rings. The predicted molar refractivity (Wildman–Crippen MR) is 106 cm³/mol. The van der Waals surface area contributed by atoms with Crippen molar-refractivity contribution in [3.63, 3.8) is 0 Å². The molecule has 0 saturated heterocycles. The van der Waals surface area contributed by atoms with Crippen LogP contribution in [0.15, 0.2) is 53.3 Å². The molecule has 1 heterocycles. The number of benzene rings is 2. The molecule has 0 N–H and O–H groups in total. The third kappa shape index (κ3) is 3.78. The zero-order valence-corrected chi connectivity index (χ0v) is 16.5. The van der Waals surface area contributed by atoms with Crippen LogP contribution < -0.4 is 5.69 Å². The molecular formula is C19H19IN2O3. The fourth-order valence-corrected chi connectivity index (χ4v) is 3.27. The smallest absolute Gasteiger partial charge is 0.423 e. The van der Waals surface area contributed by atoms with Gasteiger partial charge in [0.1, 0.15) is 5.60 Å². The summed E-state index contributed by atoms with van der Waals surface area (Å²) in [5, 5.41) is 0. The topological polar surface area (TPSA) is 53.2 Å². The molecule has 0 bridgehead atoms. The number of para-hydroxylation sites is 2. The van der Waals surface area contributed by atoms with Crippen LogP contribution in [-0.4, -0.2) is 20.8 Å². The van der Waals surface area contributed by atoms with Crippen molar-refractivity contribution in [2.24, 2.45) is 0 Å². The van der Waals surface area contributed by atoms with Crippen LogP contribution in [0.5, 0.6) is 0 Å². The molecule has 1 aromatic heterocycles. The van der Waals surface area contributed by atoms with Crippen LogP contribution in [0.3, 0.4) is 0 Å². The second-order valence-corrected chi connectivity index (χ2v) is 8.05. The van der Waals surface area contributed by atoms with Crippen LogP contribution in [0, 0.1) is 3.57 Å². The molecule has 3 aromatic rings. The van der Waals surface area contributed by atoms with Gasteiger partial charge in [-0.05, 0) is 73.2 Å². The quantitative estimate of drug-likeness (QED) is 0.549. The Bertz CT molecular complexity index is 996. The van der Waals surface area contributed by atoms with E-state index in [1.165, 1.54) is 0 Å². The van der Waals surface area contributed by atoms with E-state index in [9.17, 15) is 9.59 Å². The number of carbonyl (C=O) groups is 1. The van der Waals surface area contributed by atoms with Gasteiger partial charge < -0.3 is 4.74 Å². The average molecular weight is 450 g/mol. The summed E-state index contributed by atoms with van der Waals surface area (Å²) < 4.78 is 9.21. The van der Waals surface area contributed by atoms with Gasteiger partial charge in [0.15, 0.2) is 0 Å². The van der Waals surface area contributed by atoms with Crippen molar-refractivity contribution in [3.8, 4) is 0 Å². The number of nitrogens with zero attached hydrogens (tertiary/aromatic N) is 2. The van der Waals surface area contributed by atoms with Crippen LogP contribution in [0.2, 0.25) is 0 Å². The second kappa shape index (κ2) is 6.67. The first-order valence-electron chi connectivity index (χ1n) is 7.94. The van der Waals surface area contributed by atoms with Gasteiger partial charge in [-0.2, -0.15) is 4.57 Å². The van der Waals surface area contributed by atoms with Crippen LogP contribution in [0.1, 0.15) is 26.3 Å². The number of hydrogen-bond donors (Lipinski definition) is 0. The SMILES string of the molecule is CC(C)(C)OC(=O)n1c(=O)n(Cc2cccc(I)c2)c2ccccc21. The summed E-state index contributed by atoms with van der Waals surface area (Å²) in [6.45, 7) is 5.73. The van der Waals surface area contributed by atoms with E-state index in [0.29, 0.717) is 17.6 Å². The van der Waals surface area contributed by atoms with E-state index in [2.05, 4.69) is 22.6 Å². The molecule has 5 nitrogen and oxygen atoms in total. The van der Waals surface area contributed by atoms with Gasteiger partial charge in [0.25, 0.3) is 0 Å². The molecule has 130 valence electrons. The maximum atomic E-state index is 12.9. The third-order valence-corrected chi connectivity index (χ3v) is 4.31. The first kappa shape index (κ1) is 17.7. The minimum atomic E-state index is -0.671. The normalized spacial score (nSPS) is 11.7. The van der Waals surface area contributed by atoms with Crippen LogP contribution >= 0.6 is 22.6 Å². The van der Waals surface area contributed by atoms with Crippen molar-refractivity contribution in [1.82, 2.24) is 9.13 Å². The molecule has 6 heteroatoms. The molecule has 0 saturated carbocycles. The molecule has 25 heavy (non-hydrogen) atoms. The first-order chi connectivity index (χ1) is 11.8. The van der Waals surface area contributed by atoms with Crippen LogP contribution in [-0.2, 0) is 11.3 Å². The maximum absolute atomic E-state index is 12.9. The van der Waals surface area contributed by atoms with Crippen LogP contribution in [0.4, 0.5) is 4.79 Å². The van der Waals surface area contributed by atoms with Gasteiger partial charge in [-0.15, -0.1) is 0 Å². The van der Waals surface area contributed by atoms with E-state index in [0.717, 1.165) is 13.7 Å². The third-order valence-electron chi connectivity index (χ3n) is 3.64. The van der Waals surface area contributed by atoms with Crippen LogP contribution in [0.25, 0.3) is 11.0 Å². The fraction of sp³-hybridized carbons (Fsp3) is 0.263. The molecule has 0 unspecified atom stereocenters. The lowest BCUT2D eigenvalue weighted by atomic mass is 10.2.